The van der Waals surface area contributed by atoms with Gasteiger partial charge in [-0.2, -0.15) is 0 Å². The molecule has 2 N–H and O–H groups in total. The Morgan fingerprint density at radius 2 is 2.05 bits per heavy atom. The minimum atomic E-state index is -0.216. The van der Waals surface area contributed by atoms with Crippen LogP contribution in [0.15, 0.2) is 18.2 Å². The lowest BCUT2D eigenvalue weighted by Gasteiger charge is -2.31. The van der Waals surface area contributed by atoms with Crippen molar-refractivity contribution in [2.24, 2.45) is 5.41 Å². The van der Waals surface area contributed by atoms with E-state index in [1.165, 1.54) is 18.2 Å². The number of amides is 1. The van der Waals surface area contributed by atoms with Crippen molar-refractivity contribution in [1.82, 2.24) is 5.32 Å². The molecular formula is C14H19Cl2NO2. The normalized spacial score (nSPS) is 13.1. The van der Waals surface area contributed by atoms with Crippen molar-refractivity contribution in [2.75, 3.05) is 5.88 Å². The number of phenols is 1. The Kier molecular flexibility index (Phi) is 5.50. The molecule has 0 spiro atoms. The van der Waals surface area contributed by atoms with E-state index in [9.17, 15) is 9.90 Å². The highest BCUT2D eigenvalue weighted by molar-refractivity contribution is 6.32. The molecule has 19 heavy (non-hydrogen) atoms. The topological polar surface area (TPSA) is 49.3 Å². The number of phenolic OH excluding ortho intramolecular Hbond substituents is 1. The number of rotatable bonds is 4. The van der Waals surface area contributed by atoms with Gasteiger partial charge in [0.2, 0.25) is 0 Å². The van der Waals surface area contributed by atoms with Crippen molar-refractivity contribution < 1.29 is 9.90 Å². The molecule has 0 aliphatic rings. The minimum absolute atomic E-state index is 0.0231. The summed E-state index contributed by atoms with van der Waals surface area (Å²) in [6.45, 7) is 6.15. The van der Waals surface area contributed by atoms with Gasteiger partial charge in [-0.1, -0.05) is 32.4 Å². The number of aromatic hydroxyl groups is 1. The zero-order valence-corrected chi connectivity index (χ0v) is 12.8. The van der Waals surface area contributed by atoms with Crippen molar-refractivity contribution in [3.8, 4) is 5.75 Å². The first-order chi connectivity index (χ1) is 8.75. The van der Waals surface area contributed by atoms with Crippen molar-refractivity contribution in [3.63, 3.8) is 0 Å². The second-order valence-electron chi connectivity index (χ2n) is 5.54. The predicted octanol–water partition coefficient (Wildman–Crippen LogP) is 3.82. The molecule has 0 saturated heterocycles. The van der Waals surface area contributed by atoms with Crippen molar-refractivity contribution >= 4 is 29.1 Å². The van der Waals surface area contributed by atoms with Gasteiger partial charge in [0.05, 0.1) is 5.02 Å². The minimum Gasteiger partial charge on any atom is -0.506 e. The summed E-state index contributed by atoms with van der Waals surface area (Å²) in [6.07, 6.45) is 0.697. The maximum Gasteiger partial charge on any atom is 0.251 e. The second kappa shape index (κ2) is 6.49. The first-order valence-electron chi connectivity index (χ1n) is 6.11. The average Bonchev–Trinajstić information content (AvgIpc) is 2.30. The molecule has 1 rings (SSSR count). The van der Waals surface area contributed by atoms with Crippen LogP contribution in [0.3, 0.4) is 0 Å². The van der Waals surface area contributed by atoms with E-state index in [1.807, 2.05) is 20.8 Å². The number of halogens is 2. The van der Waals surface area contributed by atoms with E-state index < -0.39 is 0 Å². The number of carbonyl (C=O) groups is 1. The van der Waals surface area contributed by atoms with Gasteiger partial charge >= 0.3 is 0 Å². The Bertz CT molecular complexity index is 455. The maximum atomic E-state index is 12.1. The lowest BCUT2D eigenvalue weighted by molar-refractivity contribution is 0.0900. The summed E-state index contributed by atoms with van der Waals surface area (Å²) in [5.41, 5.74) is 0.345. The quantitative estimate of drug-likeness (QED) is 0.831. The Balaban J connectivity index is 2.84. The summed E-state index contributed by atoms with van der Waals surface area (Å²) < 4.78 is 0. The van der Waals surface area contributed by atoms with E-state index in [0.29, 0.717) is 17.9 Å². The van der Waals surface area contributed by atoms with Crippen LogP contribution in [0, 0.1) is 5.41 Å². The number of hydrogen-bond acceptors (Lipinski definition) is 2. The predicted molar refractivity (Wildman–Crippen MR) is 79.2 cm³/mol. The average molecular weight is 304 g/mol. The highest BCUT2D eigenvalue weighted by Gasteiger charge is 2.26. The fraction of sp³-hybridized carbons (Fsp3) is 0.500. The highest BCUT2D eigenvalue weighted by atomic mass is 35.5. The zero-order chi connectivity index (χ0) is 14.6. The first kappa shape index (κ1) is 16.1. The largest absolute Gasteiger partial charge is 0.506 e. The van der Waals surface area contributed by atoms with Gasteiger partial charge in [0, 0.05) is 17.5 Å². The Hall–Kier alpha value is -0.930. The van der Waals surface area contributed by atoms with Crippen LogP contribution in [-0.2, 0) is 0 Å². The van der Waals surface area contributed by atoms with Gasteiger partial charge in [-0.25, -0.2) is 0 Å². The molecule has 0 saturated carbocycles. The van der Waals surface area contributed by atoms with E-state index in [-0.39, 0.29) is 28.1 Å². The molecule has 0 aromatic heterocycles. The molecular weight excluding hydrogens is 285 g/mol. The summed E-state index contributed by atoms with van der Waals surface area (Å²) in [5.74, 6) is 0.233. The fourth-order valence-corrected chi connectivity index (χ4v) is 2.12. The van der Waals surface area contributed by atoms with Gasteiger partial charge in [0.25, 0.3) is 5.91 Å². The van der Waals surface area contributed by atoms with E-state index in [1.54, 1.807) is 0 Å². The fourth-order valence-electron chi connectivity index (χ4n) is 1.72. The van der Waals surface area contributed by atoms with Crippen molar-refractivity contribution in [1.29, 1.82) is 0 Å². The summed E-state index contributed by atoms with van der Waals surface area (Å²) in [4.78, 5) is 12.1. The summed E-state index contributed by atoms with van der Waals surface area (Å²) in [6, 6.07) is 4.37. The molecule has 0 radical (unpaired) electrons. The third-order valence-corrected chi connectivity index (χ3v) is 3.48. The van der Waals surface area contributed by atoms with E-state index in [4.69, 9.17) is 23.2 Å². The van der Waals surface area contributed by atoms with Crippen LogP contribution >= 0.6 is 23.2 Å². The molecule has 0 heterocycles. The lowest BCUT2D eigenvalue weighted by Crippen LogP contribution is -2.44. The van der Waals surface area contributed by atoms with Crippen LogP contribution < -0.4 is 5.32 Å². The second-order valence-corrected chi connectivity index (χ2v) is 6.32. The SMILES string of the molecule is CC(C)(C)C(CCCl)NC(=O)c1ccc(O)c(Cl)c1. The Labute approximate surface area is 123 Å². The monoisotopic (exact) mass is 303 g/mol. The Morgan fingerprint density at radius 1 is 1.42 bits per heavy atom. The van der Waals surface area contributed by atoms with Crippen molar-refractivity contribution in [2.45, 2.75) is 33.2 Å². The van der Waals surface area contributed by atoms with Crippen LogP contribution in [0.25, 0.3) is 0 Å². The maximum absolute atomic E-state index is 12.1. The molecule has 3 nitrogen and oxygen atoms in total. The molecule has 0 aliphatic carbocycles. The summed E-state index contributed by atoms with van der Waals surface area (Å²) in [7, 11) is 0. The van der Waals surface area contributed by atoms with E-state index >= 15 is 0 Å². The van der Waals surface area contributed by atoms with Gasteiger partial charge in [-0.15, -0.1) is 11.6 Å². The molecule has 1 aromatic rings. The van der Waals surface area contributed by atoms with Crippen LogP contribution in [0.2, 0.25) is 5.02 Å². The molecule has 0 fully saturated rings. The van der Waals surface area contributed by atoms with Crippen molar-refractivity contribution in [3.05, 3.63) is 28.8 Å². The van der Waals surface area contributed by atoms with Gasteiger partial charge in [0.1, 0.15) is 5.75 Å². The summed E-state index contributed by atoms with van der Waals surface area (Å²) >= 11 is 11.6. The molecule has 106 valence electrons. The third kappa shape index (κ3) is 4.59. The number of benzene rings is 1. The molecule has 5 heteroatoms. The van der Waals surface area contributed by atoms with Crippen LogP contribution in [-0.4, -0.2) is 22.9 Å². The van der Waals surface area contributed by atoms with Gasteiger partial charge in [-0.05, 0) is 30.0 Å². The molecule has 1 unspecified atom stereocenters. The standard InChI is InChI=1S/C14H19Cl2NO2/c1-14(2,3)12(6-7-15)17-13(19)9-4-5-11(18)10(16)8-9/h4-5,8,12,18H,6-7H2,1-3H3,(H,17,19). The van der Waals surface area contributed by atoms with E-state index in [2.05, 4.69) is 5.32 Å². The zero-order valence-electron chi connectivity index (χ0n) is 11.3. The van der Waals surface area contributed by atoms with Crippen LogP contribution in [0.1, 0.15) is 37.6 Å². The first-order valence-corrected chi connectivity index (χ1v) is 7.02. The Morgan fingerprint density at radius 3 is 2.53 bits per heavy atom. The summed E-state index contributed by atoms with van der Waals surface area (Å²) in [5, 5.41) is 12.5. The third-order valence-electron chi connectivity index (χ3n) is 2.96. The lowest BCUT2D eigenvalue weighted by atomic mass is 9.85. The number of hydrogen-bond donors (Lipinski definition) is 2. The van der Waals surface area contributed by atoms with Crippen LogP contribution in [0.5, 0.6) is 5.75 Å². The van der Waals surface area contributed by atoms with E-state index in [0.717, 1.165) is 0 Å². The molecule has 1 aromatic carbocycles. The molecule has 1 amide bonds. The molecule has 0 bridgehead atoms. The van der Waals surface area contributed by atoms with Gasteiger partial charge < -0.3 is 10.4 Å². The molecule has 1 atom stereocenters. The number of carbonyl (C=O) groups excluding carboxylic acids is 1. The van der Waals surface area contributed by atoms with Crippen LogP contribution in [0.4, 0.5) is 0 Å². The highest BCUT2D eigenvalue weighted by Crippen LogP contribution is 2.25. The molecule has 0 aliphatic heterocycles. The smallest absolute Gasteiger partial charge is 0.251 e. The number of alkyl halides is 1. The van der Waals surface area contributed by atoms with Gasteiger partial charge in [0.15, 0.2) is 0 Å². The number of nitrogens with one attached hydrogen (secondary N) is 1. The van der Waals surface area contributed by atoms with Gasteiger partial charge in [-0.3, -0.25) is 4.79 Å².